The Morgan fingerprint density at radius 3 is 2.18 bits per heavy atom. The molecule has 3 amide bonds. The van der Waals surface area contributed by atoms with Gasteiger partial charge in [-0.3, -0.25) is 19.3 Å². The summed E-state index contributed by atoms with van der Waals surface area (Å²) in [5, 5.41) is 6.98. The molecule has 0 unspecified atom stereocenters. The Morgan fingerprint density at radius 1 is 0.941 bits per heavy atom. The van der Waals surface area contributed by atoms with Crippen molar-refractivity contribution in [2.45, 2.75) is 33.6 Å². The molecular formula is C23H22N6O5. The van der Waals surface area contributed by atoms with Gasteiger partial charge >= 0.3 is 5.97 Å². The number of esters is 1. The molecule has 174 valence electrons. The number of nitrogens with zero attached hydrogens (tertiary/aromatic N) is 5. The lowest BCUT2D eigenvalue weighted by molar-refractivity contribution is -0.121. The maximum Gasteiger partial charge on any atom is 0.338 e. The fraction of sp³-hybridized carbons (Fsp3) is 0.261. The zero-order valence-electron chi connectivity index (χ0n) is 18.9. The number of imide groups is 1. The summed E-state index contributed by atoms with van der Waals surface area (Å²) in [6.07, 6.45) is 0.345. The molecule has 1 aliphatic heterocycles. The molecule has 1 N–H and O–H groups in total. The van der Waals surface area contributed by atoms with E-state index in [9.17, 15) is 19.2 Å². The summed E-state index contributed by atoms with van der Waals surface area (Å²) in [6, 6.07) is 9.33. The second kappa shape index (κ2) is 9.22. The summed E-state index contributed by atoms with van der Waals surface area (Å²) in [7, 11) is 0. The molecule has 1 aromatic carbocycles. The van der Waals surface area contributed by atoms with Gasteiger partial charge in [-0.15, -0.1) is 0 Å². The number of aryl methyl sites for hydroxylation is 3. The van der Waals surface area contributed by atoms with Crippen molar-refractivity contribution in [1.82, 2.24) is 19.7 Å². The van der Waals surface area contributed by atoms with Gasteiger partial charge in [-0.2, -0.15) is 9.78 Å². The van der Waals surface area contributed by atoms with Gasteiger partial charge < -0.3 is 10.1 Å². The van der Waals surface area contributed by atoms with Gasteiger partial charge in [-0.05, 0) is 51.1 Å². The van der Waals surface area contributed by atoms with E-state index in [1.165, 1.54) is 28.9 Å². The van der Waals surface area contributed by atoms with Crippen molar-refractivity contribution in [3.05, 3.63) is 59.0 Å². The number of anilines is 2. The summed E-state index contributed by atoms with van der Waals surface area (Å²) in [5.74, 6) is -1.19. The van der Waals surface area contributed by atoms with Crippen LogP contribution in [0.1, 0.15) is 40.3 Å². The molecule has 2 aromatic heterocycles. The molecule has 1 fully saturated rings. The molecule has 4 rings (SSSR count). The topological polar surface area (TPSA) is 136 Å². The van der Waals surface area contributed by atoms with Crippen LogP contribution in [0.2, 0.25) is 0 Å². The Kier molecular flexibility index (Phi) is 6.17. The van der Waals surface area contributed by atoms with Crippen molar-refractivity contribution in [2.75, 3.05) is 16.8 Å². The number of ether oxygens (including phenoxy) is 1. The number of carbonyl (C=O) groups is 4. The van der Waals surface area contributed by atoms with E-state index in [1.807, 2.05) is 19.9 Å². The monoisotopic (exact) mass is 462 g/mol. The predicted molar refractivity (Wildman–Crippen MR) is 120 cm³/mol. The standard InChI is InChI=1S/C23H22N6O5/c1-13-10-14(2)25-23(24-13)29-18(11-15(3)27-29)26-19(30)12-34-22(33)16-4-6-17(7-5-16)28-20(31)8-9-21(28)32/h4-7,10-11H,8-9,12H2,1-3H3,(H,26,30). The number of hydrogen-bond donors (Lipinski definition) is 1. The third-order valence-electron chi connectivity index (χ3n) is 5.01. The lowest BCUT2D eigenvalue weighted by Gasteiger charge is -2.14. The maximum atomic E-state index is 12.4. The maximum absolute atomic E-state index is 12.4. The van der Waals surface area contributed by atoms with Crippen LogP contribution in [0.25, 0.3) is 5.95 Å². The minimum absolute atomic E-state index is 0.172. The molecule has 0 saturated carbocycles. The molecule has 34 heavy (non-hydrogen) atoms. The van der Waals surface area contributed by atoms with Crippen LogP contribution in [0, 0.1) is 20.8 Å². The van der Waals surface area contributed by atoms with Crippen LogP contribution in [0.3, 0.4) is 0 Å². The van der Waals surface area contributed by atoms with E-state index in [0.717, 1.165) is 16.3 Å². The highest BCUT2D eigenvalue weighted by molar-refractivity contribution is 6.19. The minimum Gasteiger partial charge on any atom is -0.452 e. The number of aromatic nitrogens is 4. The number of amides is 3. The van der Waals surface area contributed by atoms with Gasteiger partial charge in [0.1, 0.15) is 5.82 Å². The number of nitrogens with one attached hydrogen (secondary N) is 1. The van der Waals surface area contributed by atoms with Crippen molar-refractivity contribution in [2.24, 2.45) is 0 Å². The van der Waals surface area contributed by atoms with Crippen molar-refractivity contribution in [1.29, 1.82) is 0 Å². The second-order valence-corrected chi connectivity index (χ2v) is 7.83. The fourth-order valence-corrected chi connectivity index (χ4v) is 3.55. The lowest BCUT2D eigenvalue weighted by atomic mass is 10.2. The smallest absolute Gasteiger partial charge is 0.338 e. The quantitative estimate of drug-likeness (QED) is 0.434. The summed E-state index contributed by atoms with van der Waals surface area (Å²) < 4.78 is 6.51. The Morgan fingerprint density at radius 2 is 1.56 bits per heavy atom. The first kappa shape index (κ1) is 22.8. The van der Waals surface area contributed by atoms with E-state index >= 15 is 0 Å². The summed E-state index contributed by atoms with van der Waals surface area (Å²) in [4.78, 5) is 58.2. The van der Waals surface area contributed by atoms with Gasteiger partial charge in [-0.25, -0.2) is 14.8 Å². The van der Waals surface area contributed by atoms with Crippen LogP contribution < -0.4 is 10.2 Å². The lowest BCUT2D eigenvalue weighted by Crippen LogP contribution is -2.28. The van der Waals surface area contributed by atoms with Crippen LogP contribution in [-0.2, 0) is 19.1 Å². The Labute approximate surface area is 194 Å². The highest BCUT2D eigenvalue weighted by atomic mass is 16.5. The second-order valence-electron chi connectivity index (χ2n) is 7.83. The van der Waals surface area contributed by atoms with Gasteiger partial charge in [0.25, 0.3) is 11.9 Å². The van der Waals surface area contributed by atoms with E-state index < -0.39 is 18.5 Å². The Balaban J connectivity index is 1.39. The van der Waals surface area contributed by atoms with Crippen molar-refractivity contribution < 1.29 is 23.9 Å². The van der Waals surface area contributed by atoms with Gasteiger partial charge in [-0.1, -0.05) is 0 Å². The Bertz CT molecular complexity index is 1260. The number of benzene rings is 1. The summed E-state index contributed by atoms with van der Waals surface area (Å²) in [5.41, 5.74) is 2.72. The normalized spacial score (nSPS) is 13.3. The van der Waals surface area contributed by atoms with Crippen LogP contribution in [0.4, 0.5) is 11.5 Å². The SMILES string of the molecule is Cc1cc(C)nc(-n2nc(C)cc2NC(=O)COC(=O)c2ccc(N3C(=O)CCC3=O)cc2)n1. The molecule has 11 heteroatoms. The number of carbonyl (C=O) groups excluding carboxylic acids is 4. The molecule has 0 aliphatic carbocycles. The van der Waals surface area contributed by atoms with E-state index in [2.05, 4.69) is 20.4 Å². The van der Waals surface area contributed by atoms with Crippen LogP contribution >= 0.6 is 0 Å². The first-order valence-electron chi connectivity index (χ1n) is 10.5. The third-order valence-corrected chi connectivity index (χ3v) is 5.01. The zero-order chi connectivity index (χ0) is 24.4. The average molecular weight is 462 g/mol. The number of rotatable bonds is 6. The molecule has 0 spiro atoms. The van der Waals surface area contributed by atoms with Crippen molar-refractivity contribution in [3.8, 4) is 5.95 Å². The van der Waals surface area contributed by atoms with Gasteiger partial charge in [0, 0.05) is 30.3 Å². The Hall–Kier alpha value is -4.41. The molecule has 0 radical (unpaired) electrons. The van der Waals surface area contributed by atoms with Crippen molar-refractivity contribution >= 4 is 35.2 Å². The molecule has 1 aliphatic rings. The van der Waals surface area contributed by atoms with Crippen LogP contribution in [-0.4, -0.2) is 50.0 Å². The van der Waals surface area contributed by atoms with Gasteiger partial charge in [0.15, 0.2) is 6.61 Å². The average Bonchev–Trinajstić information content (AvgIpc) is 3.32. The first-order chi connectivity index (χ1) is 16.2. The highest BCUT2D eigenvalue weighted by Crippen LogP contribution is 2.23. The van der Waals surface area contributed by atoms with E-state index in [4.69, 9.17) is 4.74 Å². The number of hydrogen-bond acceptors (Lipinski definition) is 8. The molecule has 11 nitrogen and oxygen atoms in total. The molecular weight excluding hydrogens is 440 g/mol. The molecule has 3 aromatic rings. The van der Waals surface area contributed by atoms with Gasteiger partial charge in [0.05, 0.1) is 16.9 Å². The first-order valence-corrected chi connectivity index (χ1v) is 10.5. The molecule has 3 heterocycles. The molecule has 0 bridgehead atoms. The van der Waals surface area contributed by atoms with E-state index in [0.29, 0.717) is 23.1 Å². The summed E-state index contributed by atoms with van der Waals surface area (Å²) in [6.45, 7) is 4.91. The third kappa shape index (κ3) is 4.82. The van der Waals surface area contributed by atoms with Crippen LogP contribution in [0.15, 0.2) is 36.4 Å². The van der Waals surface area contributed by atoms with Gasteiger partial charge in [0.2, 0.25) is 11.8 Å². The van der Waals surface area contributed by atoms with E-state index in [1.54, 1.807) is 13.0 Å². The molecule has 0 atom stereocenters. The largest absolute Gasteiger partial charge is 0.452 e. The highest BCUT2D eigenvalue weighted by Gasteiger charge is 2.30. The van der Waals surface area contributed by atoms with Crippen LogP contribution in [0.5, 0.6) is 0 Å². The van der Waals surface area contributed by atoms with Crippen molar-refractivity contribution in [3.63, 3.8) is 0 Å². The predicted octanol–water partition coefficient (Wildman–Crippen LogP) is 2.04. The summed E-state index contributed by atoms with van der Waals surface area (Å²) >= 11 is 0. The minimum atomic E-state index is -0.719. The molecule has 1 saturated heterocycles. The van der Waals surface area contributed by atoms with E-state index in [-0.39, 0.29) is 30.2 Å². The fourth-order valence-electron chi connectivity index (χ4n) is 3.55. The zero-order valence-corrected chi connectivity index (χ0v) is 18.9.